The molecule has 0 aromatic heterocycles. The molecule has 1 aliphatic rings. The third kappa shape index (κ3) is 3.67. The minimum Gasteiger partial charge on any atom is -0.478 e. The van der Waals surface area contributed by atoms with Crippen molar-refractivity contribution in [2.75, 3.05) is 6.54 Å². The van der Waals surface area contributed by atoms with Crippen LogP contribution in [0.15, 0.2) is 53.0 Å². The van der Waals surface area contributed by atoms with Crippen LogP contribution in [0.3, 0.4) is 0 Å². The summed E-state index contributed by atoms with van der Waals surface area (Å²) in [4.78, 5) is 23.0. The molecule has 0 aliphatic heterocycles. The van der Waals surface area contributed by atoms with Crippen molar-refractivity contribution in [2.45, 2.75) is 24.7 Å². The van der Waals surface area contributed by atoms with Crippen LogP contribution in [0.4, 0.5) is 0 Å². The monoisotopic (exact) mass is 387 g/mol. The Bertz CT molecular complexity index is 766. The van der Waals surface area contributed by atoms with Crippen LogP contribution in [0.2, 0.25) is 0 Å². The van der Waals surface area contributed by atoms with E-state index in [2.05, 4.69) is 27.3 Å². The van der Waals surface area contributed by atoms with Crippen LogP contribution in [0, 0.1) is 0 Å². The highest BCUT2D eigenvalue weighted by molar-refractivity contribution is 9.10. The fraction of sp³-hybridized carbons (Fsp3) is 0.263. The summed E-state index contributed by atoms with van der Waals surface area (Å²) in [5, 5.41) is 11.9. The molecule has 24 heavy (non-hydrogen) atoms. The fourth-order valence-electron chi connectivity index (χ4n) is 2.86. The van der Waals surface area contributed by atoms with Crippen molar-refractivity contribution in [2.24, 2.45) is 0 Å². The largest absolute Gasteiger partial charge is 0.478 e. The van der Waals surface area contributed by atoms with Gasteiger partial charge in [0, 0.05) is 16.4 Å². The summed E-state index contributed by atoms with van der Waals surface area (Å²) in [5.74, 6) is -1.01. The van der Waals surface area contributed by atoms with Crippen LogP contribution < -0.4 is 5.32 Å². The molecule has 1 amide bonds. The number of nitrogens with one attached hydrogen (secondary N) is 1. The molecule has 2 aromatic carbocycles. The predicted octanol–water partition coefficient (Wildman–Crippen LogP) is 3.54. The summed E-state index contributed by atoms with van der Waals surface area (Å²) in [7, 11) is 0. The van der Waals surface area contributed by atoms with Gasteiger partial charge in [0.2, 0.25) is 5.91 Å². The second-order valence-electron chi connectivity index (χ2n) is 6.22. The van der Waals surface area contributed by atoms with E-state index >= 15 is 0 Å². The zero-order chi connectivity index (χ0) is 17.2. The maximum Gasteiger partial charge on any atom is 0.335 e. The third-order valence-electron chi connectivity index (χ3n) is 4.49. The molecule has 0 unspecified atom stereocenters. The van der Waals surface area contributed by atoms with Gasteiger partial charge in [0.15, 0.2) is 0 Å². The molecule has 0 spiro atoms. The van der Waals surface area contributed by atoms with Crippen LogP contribution in [0.1, 0.15) is 34.3 Å². The van der Waals surface area contributed by atoms with E-state index in [1.165, 1.54) is 17.7 Å². The molecule has 0 radical (unpaired) electrons. The smallest absolute Gasteiger partial charge is 0.335 e. The first-order valence-electron chi connectivity index (χ1n) is 7.84. The maximum atomic E-state index is 12.2. The molecule has 3 rings (SSSR count). The van der Waals surface area contributed by atoms with Crippen molar-refractivity contribution in [3.63, 3.8) is 0 Å². The van der Waals surface area contributed by atoms with E-state index in [0.717, 1.165) is 22.9 Å². The van der Waals surface area contributed by atoms with Crippen molar-refractivity contribution in [1.29, 1.82) is 0 Å². The summed E-state index contributed by atoms with van der Waals surface area (Å²) >= 11 is 3.59. The Morgan fingerprint density at radius 1 is 1.08 bits per heavy atom. The molecule has 4 nitrogen and oxygen atoms in total. The van der Waals surface area contributed by atoms with E-state index in [1.54, 1.807) is 12.1 Å². The number of carbonyl (C=O) groups is 2. The highest BCUT2D eigenvalue weighted by Crippen LogP contribution is 2.49. The number of benzene rings is 2. The van der Waals surface area contributed by atoms with E-state index in [0.29, 0.717) is 6.54 Å². The lowest BCUT2D eigenvalue weighted by atomic mass is 9.96. The Kier molecular flexibility index (Phi) is 4.71. The number of carbonyl (C=O) groups excluding carboxylic acids is 1. The molecule has 0 heterocycles. The van der Waals surface area contributed by atoms with E-state index < -0.39 is 5.97 Å². The SMILES string of the molecule is O=C(Cc1ccc(C(=O)O)cc1)NCC1(c2ccccc2Br)CC1. The zero-order valence-corrected chi connectivity index (χ0v) is 14.7. The minimum absolute atomic E-state index is 0.0446. The Labute approximate surface area is 149 Å². The molecule has 0 bridgehead atoms. The first-order valence-corrected chi connectivity index (χ1v) is 8.63. The fourth-order valence-corrected chi connectivity index (χ4v) is 3.57. The second kappa shape index (κ2) is 6.77. The lowest BCUT2D eigenvalue weighted by Gasteiger charge is -2.18. The molecule has 1 saturated carbocycles. The van der Waals surface area contributed by atoms with Crippen LogP contribution in [0.5, 0.6) is 0 Å². The Hall–Kier alpha value is -2.14. The number of aromatic carboxylic acids is 1. The van der Waals surface area contributed by atoms with Gasteiger partial charge in [-0.15, -0.1) is 0 Å². The van der Waals surface area contributed by atoms with Crippen LogP contribution in [-0.4, -0.2) is 23.5 Å². The van der Waals surface area contributed by atoms with Gasteiger partial charge in [0.1, 0.15) is 0 Å². The van der Waals surface area contributed by atoms with E-state index in [4.69, 9.17) is 5.11 Å². The summed E-state index contributed by atoms with van der Waals surface area (Å²) in [6.45, 7) is 0.627. The highest BCUT2D eigenvalue weighted by Gasteiger charge is 2.45. The average Bonchev–Trinajstić information content (AvgIpc) is 3.35. The number of hydrogen-bond acceptors (Lipinski definition) is 2. The van der Waals surface area contributed by atoms with Gasteiger partial charge in [0.25, 0.3) is 0 Å². The Morgan fingerprint density at radius 2 is 1.75 bits per heavy atom. The van der Waals surface area contributed by atoms with Crippen molar-refractivity contribution < 1.29 is 14.7 Å². The van der Waals surface area contributed by atoms with Gasteiger partial charge < -0.3 is 10.4 Å². The molecular formula is C19H18BrNO3. The van der Waals surface area contributed by atoms with Crippen molar-refractivity contribution in [1.82, 2.24) is 5.32 Å². The Balaban J connectivity index is 1.58. The molecule has 1 aliphatic carbocycles. The standard InChI is InChI=1S/C19H18BrNO3/c20-16-4-2-1-3-15(16)19(9-10-19)12-21-17(22)11-13-5-7-14(8-6-13)18(23)24/h1-8H,9-12H2,(H,21,22)(H,23,24). The van der Waals surface area contributed by atoms with Gasteiger partial charge >= 0.3 is 5.97 Å². The van der Waals surface area contributed by atoms with E-state index in [1.807, 2.05) is 18.2 Å². The predicted molar refractivity (Wildman–Crippen MR) is 95.2 cm³/mol. The maximum absolute atomic E-state index is 12.2. The number of hydrogen-bond donors (Lipinski definition) is 2. The molecule has 0 saturated heterocycles. The van der Waals surface area contributed by atoms with E-state index in [9.17, 15) is 9.59 Å². The zero-order valence-electron chi connectivity index (χ0n) is 13.1. The normalized spacial score (nSPS) is 14.9. The second-order valence-corrected chi connectivity index (χ2v) is 7.07. The van der Waals surface area contributed by atoms with Gasteiger partial charge in [-0.2, -0.15) is 0 Å². The average molecular weight is 388 g/mol. The van der Waals surface area contributed by atoms with E-state index in [-0.39, 0.29) is 23.3 Å². The number of rotatable bonds is 6. The van der Waals surface area contributed by atoms with Crippen LogP contribution in [0.25, 0.3) is 0 Å². The number of carboxylic acid groups (broad SMARTS) is 1. The van der Waals surface area contributed by atoms with Crippen molar-refractivity contribution >= 4 is 27.8 Å². The minimum atomic E-state index is -0.963. The number of amides is 1. The molecule has 5 heteroatoms. The number of halogens is 1. The van der Waals surface area contributed by atoms with Gasteiger partial charge in [-0.05, 0) is 42.2 Å². The van der Waals surface area contributed by atoms with Crippen molar-refractivity contribution in [3.05, 3.63) is 69.7 Å². The summed E-state index contributed by atoms with van der Waals surface area (Å²) < 4.78 is 1.08. The lowest BCUT2D eigenvalue weighted by molar-refractivity contribution is -0.120. The van der Waals surface area contributed by atoms with Crippen LogP contribution in [-0.2, 0) is 16.6 Å². The Morgan fingerprint density at radius 3 is 2.33 bits per heavy atom. The molecule has 1 fully saturated rings. The van der Waals surface area contributed by atoms with Gasteiger partial charge in [0.05, 0.1) is 12.0 Å². The third-order valence-corrected chi connectivity index (χ3v) is 5.18. The lowest BCUT2D eigenvalue weighted by Crippen LogP contribution is -2.33. The molecular weight excluding hydrogens is 370 g/mol. The van der Waals surface area contributed by atoms with Crippen molar-refractivity contribution in [3.8, 4) is 0 Å². The van der Waals surface area contributed by atoms with Gasteiger partial charge in [-0.3, -0.25) is 4.79 Å². The summed E-state index contributed by atoms with van der Waals surface area (Å²) in [6.07, 6.45) is 2.40. The molecule has 0 atom stereocenters. The number of carboxylic acids is 1. The highest BCUT2D eigenvalue weighted by atomic mass is 79.9. The van der Waals surface area contributed by atoms with Gasteiger partial charge in [-0.1, -0.05) is 46.3 Å². The summed E-state index contributed by atoms with van der Waals surface area (Å²) in [6, 6.07) is 14.6. The molecule has 124 valence electrons. The molecule has 2 aromatic rings. The van der Waals surface area contributed by atoms with Gasteiger partial charge in [-0.25, -0.2) is 4.79 Å². The summed E-state index contributed by atoms with van der Waals surface area (Å²) in [5.41, 5.74) is 2.33. The van der Waals surface area contributed by atoms with Crippen LogP contribution >= 0.6 is 15.9 Å². The quantitative estimate of drug-likeness (QED) is 0.796. The first kappa shape index (κ1) is 16.7. The molecule has 2 N–H and O–H groups in total. The topological polar surface area (TPSA) is 66.4 Å². The first-order chi connectivity index (χ1) is 11.5.